The summed E-state index contributed by atoms with van der Waals surface area (Å²) < 4.78 is 4.44. The molecule has 0 atom stereocenters. The molecule has 0 heterocycles. The van der Waals surface area contributed by atoms with Crippen LogP contribution >= 0.6 is 0 Å². The number of benzene rings is 1. The summed E-state index contributed by atoms with van der Waals surface area (Å²) >= 11 is 0. The summed E-state index contributed by atoms with van der Waals surface area (Å²) in [6, 6.07) is 7.08. The quantitative estimate of drug-likeness (QED) is 0.738. The van der Waals surface area contributed by atoms with Crippen LogP contribution in [0.4, 0.5) is 0 Å². The summed E-state index contributed by atoms with van der Waals surface area (Å²) in [7, 11) is 1.28. The van der Waals surface area contributed by atoms with E-state index in [2.05, 4.69) is 15.4 Å². The van der Waals surface area contributed by atoms with Crippen molar-refractivity contribution in [2.45, 2.75) is 13.3 Å². The van der Waals surface area contributed by atoms with Crippen LogP contribution in [-0.4, -0.2) is 38.0 Å². The first kappa shape index (κ1) is 15.7. The summed E-state index contributed by atoms with van der Waals surface area (Å²) in [6.45, 7) is 1.94. The van der Waals surface area contributed by atoms with E-state index in [9.17, 15) is 14.4 Å². The monoisotopic (exact) mass is 278 g/mol. The van der Waals surface area contributed by atoms with Gasteiger partial charge in [0.15, 0.2) is 0 Å². The van der Waals surface area contributed by atoms with E-state index in [-0.39, 0.29) is 31.3 Å². The lowest BCUT2D eigenvalue weighted by atomic mass is 10.1. The molecule has 2 N–H and O–H groups in total. The molecular weight excluding hydrogens is 260 g/mol. The van der Waals surface area contributed by atoms with Crippen LogP contribution in [0.25, 0.3) is 0 Å². The first-order valence-corrected chi connectivity index (χ1v) is 6.21. The lowest BCUT2D eigenvalue weighted by Crippen LogP contribution is -2.37. The first-order chi connectivity index (χ1) is 9.52. The second kappa shape index (κ2) is 7.93. The highest BCUT2D eigenvalue weighted by molar-refractivity contribution is 5.96. The predicted octanol–water partition coefficient (Wildman–Crippen LogP) is 0.404. The van der Waals surface area contributed by atoms with Crippen molar-refractivity contribution in [2.75, 3.05) is 20.2 Å². The maximum Gasteiger partial charge on any atom is 0.307 e. The van der Waals surface area contributed by atoms with E-state index in [0.717, 1.165) is 5.56 Å². The second-order valence-corrected chi connectivity index (χ2v) is 4.23. The molecule has 1 rings (SSSR count). The maximum atomic E-state index is 11.8. The van der Waals surface area contributed by atoms with Gasteiger partial charge in [-0.25, -0.2) is 0 Å². The van der Waals surface area contributed by atoms with Crippen molar-refractivity contribution in [3.8, 4) is 0 Å². The Kier molecular flexibility index (Phi) is 6.22. The summed E-state index contributed by atoms with van der Waals surface area (Å²) in [5.41, 5.74) is 1.48. The number of amides is 2. The molecule has 0 unspecified atom stereocenters. The molecule has 20 heavy (non-hydrogen) atoms. The molecule has 2 amide bonds. The molecule has 1 aromatic rings. The van der Waals surface area contributed by atoms with Crippen molar-refractivity contribution in [3.05, 3.63) is 35.4 Å². The third-order valence-electron chi connectivity index (χ3n) is 2.57. The van der Waals surface area contributed by atoms with Crippen LogP contribution in [0.1, 0.15) is 22.3 Å². The number of hydrogen-bond donors (Lipinski definition) is 2. The SMILES string of the molecule is COC(=O)CCNC(=O)CNC(=O)c1cccc(C)c1. The number of esters is 1. The predicted molar refractivity (Wildman–Crippen MR) is 73.2 cm³/mol. The van der Waals surface area contributed by atoms with E-state index in [1.807, 2.05) is 13.0 Å². The second-order valence-electron chi connectivity index (χ2n) is 4.23. The van der Waals surface area contributed by atoms with Crippen LogP contribution in [0, 0.1) is 6.92 Å². The Morgan fingerprint density at radius 3 is 2.60 bits per heavy atom. The van der Waals surface area contributed by atoms with Gasteiger partial charge in [0.2, 0.25) is 5.91 Å². The van der Waals surface area contributed by atoms with Gasteiger partial charge in [-0.2, -0.15) is 0 Å². The Bertz CT molecular complexity index is 500. The summed E-state index contributed by atoms with van der Waals surface area (Å²) in [5.74, 6) is -1.05. The number of aryl methyl sites for hydroxylation is 1. The van der Waals surface area contributed by atoms with Gasteiger partial charge >= 0.3 is 5.97 Å². The Labute approximate surface area is 117 Å². The average Bonchev–Trinajstić information content (AvgIpc) is 2.44. The normalized spacial score (nSPS) is 9.70. The Balaban J connectivity index is 2.30. The third kappa shape index (κ3) is 5.51. The minimum absolute atomic E-state index is 0.105. The third-order valence-corrected chi connectivity index (χ3v) is 2.57. The molecular formula is C14H18N2O4. The molecule has 0 aliphatic heterocycles. The lowest BCUT2D eigenvalue weighted by molar-refractivity contribution is -0.140. The van der Waals surface area contributed by atoms with Gasteiger partial charge in [-0.3, -0.25) is 14.4 Å². The van der Waals surface area contributed by atoms with Gasteiger partial charge in [-0.05, 0) is 19.1 Å². The smallest absolute Gasteiger partial charge is 0.307 e. The fourth-order valence-corrected chi connectivity index (χ4v) is 1.52. The van der Waals surface area contributed by atoms with Crippen LogP contribution in [0.5, 0.6) is 0 Å². The fraction of sp³-hybridized carbons (Fsp3) is 0.357. The van der Waals surface area contributed by atoms with Gasteiger partial charge in [0, 0.05) is 12.1 Å². The number of nitrogens with one attached hydrogen (secondary N) is 2. The summed E-state index contributed by atoms with van der Waals surface area (Å²) in [5, 5.41) is 5.02. The van der Waals surface area contributed by atoms with Crippen molar-refractivity contribution in [3.63, 3.8) is 0 Å². The average molecular weight is 278 g/mol. The zero-order valence-corrected chi connectivity index (χ0v) is 11.6. The van der Waals surface area contributed by atoms with Crippen molar-refractivity contribution in [1.82, 2.24) is 10.6 Å². The number of hydrogen-bond acceptors (Lipinski definition) is 4. The van der Waals surface area contributed by atoms with Crippen LogP contribution in [0.3, 0.4) is 0 Å². The minimum atomic E-state index is -0.394. The van der Waals surface area contributed by atoms with Gasteiger partial charge in [0.05, 0.1) is 20.1 Å². The van der Waals surface area contributed by atoms with Crippen molar-refractivity contribution >= 4 is 17.8 Å². The molecule has 0 saturated heterocycles. The van der Waals surface area contributed by atoms with Crippen molar-refractivity contribution in [2.24, 2.45) is 0 Å². The fourth-order valence-electron chi connectivity index (χ4n) is 1.52. The molecule has 6 heteroatoms. The molecule has 0 fully saturated rings. The molecule has 0 radical (unpaired) electrons. The highest BCUT2D eigenvalue weighted by atomic mass is 16.5. The molecule has 108 valence electrons. The van der Waals surface area contributed by atoms with Gasteiger partial charge < -0.3 is 15.4 Å². The first-order valence-electron chi connectivity index (χ1n) is 6.21. The van der Waals surface area contributed by atoms with Crippen LogP contribution in [0.15, 0.2) is 24.3 Å². The molecule has 6 nitrogen and oxygen atoms in total. The van der Waals surface area contributed by atoms with Crippen LogP contribution < -0.4 is 10.6 Å². The largest absolute Gasteiger partial charge is 0.469 e. The zero-order chi connectivity index (χ0) is 15.0. The van der Waals surface area contributed by atoms with E-state index in [4.69, 9.17) is 0 Å². The highest BCUT2D eigenvalue weighted by Gasteiger charge is 2.08. The molecule has 0 aliphatic carbocycles. The zero-order valence-electron chi connectivity index (χ0n) is 11.6. The Hall–Kier alpha value is -2.37. The molecule has 0 aliphatic rings. The highest BCUT2D eigenvalue weighted by Crippen LogP contribution is 2.03. The molecule has 0 aromatic heterocycles. The Morgan fingerprint density at radius 2 is 1.95 bits per heavy atom. The Morgan fingerprint density at radius 1 is 1.20 bits per heavy atom. The van der Waals surface area contributed by atoms with E-state index in [1.165, 1.54) is 7.11 Å². The molecule has 1 aromatic carbocycles. The van der Waals surface area contributed by atoms with Gasteiger partial charge in [0.25, 0.3) is 5.91 Å². The standard InChI is InChI=1S/C14H18N2O4/c1-10-4-3-5-11(8-10)14(19)16-9-12(17)15-7-6-13(18)20-2/h3-5,8H,6-7,9H2,1-2H3,(H,15,17)(H,16,19). The van der Waals surface area contributed by atoms with Crippen molar-refractivity contribution < 1.29 is 19.1 Å². The number of methoxy groups -OCH3 is 1. The van der Waals surface area contributed by atoms with Gasteiger partial charge in [-0.1, -0.05) is 17.7 Å². The topological polar surface area (TPSA) is 84.5 Å². The molecule has 0 spiro atoms. The molecule has 0 bridgehead atoms. The number of ether oxygens (including phenoxy) is 1. The molecule has 0 saturated carbocycles. The summed E-state index contributed by atoms with van der Waals surface area (Å²) in [6.07, 6.45) is 0.105. The van der Waals surface area contributed by atoms with E-state index in [0.29, 0.717) is 5.56 Å². The number of carbonyl (C=O) groups is 3. The van der Waals surface area contributed by atoms with E-state index in [1.54, 1.807) is 18.2 Å². The van der Waals surface area contributed by atoms with Crippen LogP contribution in [0.2, 0.25) is 0 Å². The lowest BCUT2D eigenvalue weighted by Gasteiger charge is -2.07. The maximum absolute atomic E-state index is 11.8. The summed E-state index contributed by atoms with van der Waals surface area (Å²) in [4.78, 5) is 34.0. The number of rotatable bonds is 6. The minimum Gasteiger partial charge on any atom is -0.469 e. The van der Waals surface area contributed by atoms with Crippen molar-refractivity contribution in [1.29, 1.82) is 0 Å². The van der Waals surface area contributed by atoms with Gasteiger partial charge in [0.1, 0.15) is 0 Å². The number of carbonyl (C=O) groups excluding carboxylic acids is 3. The van der Waals surface area contributed by atoms with E-state index < -0.39 is 5.97 Å². The van der Waals surface area contributed by atoms with Crippen LogP contribution in [-0.2, 0) is 14.3 Å². The van der Waals surface area contributed by atoms with Gasteiger partial charge in [-0.15, -0.1) is 0 Å². The van der Waals surface area contributed by atoms with E-state index >= 15 is 0 Å².